The predicted molar refractivity (Wildman–Crippen MR) is 99.7 cm³/mol. The SMILES string of the molecule is CCCN(Cc1ccc(C)cc1)Cc1cc(=O)n2c(C)csc2n1. The zero-order chi connectivity index (χ0) is 17.1. The van der Waals surface area contributed by atoms with E-state index >= 15 is 0 Å². The molecule has 24 heavy (non-hydrogen) atoms. The number of nitrogens with zero attached hydrogens (tertiary/aromatic N) is 3. The van der Waals surface area contributed by atoms with Gasteiger partial charge in [0, 0.05) is 30.2 Å². The Hall–Kier alpha value is -1.98. The smallest absolute Gasteiger partial charge is 0.259 e. The first kappa shape index (κ1) is 16.9. The quantitative estimate of drug-likeness (QED) is 0.685. The van der Waals surface area contributed by atoms with E-state index in [-0.39, 0.29) is 5.56 Å². The fourth-order valence-corrected chi connectivity index (χ4v) is 3.78. The van der Waals surface area contributed by atoms with Crippen molar-refractivity contribution in [2.75, 3.05) is 6.54 Å². The molecule has 3 rings (SSSR count). The van der Waals surface area contributed by atoms with Crippen molar-refractivity contribution in [2.24, 2.45) is 0 Å². The summed E-state index contributed by atoms with van der Waals surface area (Å²) in [4.78, 5) is 20.1. The molecule has 1 aromatic carbocycles. The van der Waals surface area contributed by atoms with E-state index in [4.69, 9.17) is 0 Å². The summed E-state index contributed by atoms with van der Waals surface area (Å²) in [6, 6.07) is 10.3. The molecule has 0 atom stereocenters. The molecule has 0 aliphatic carbocycles. The predicted octanol–water partition coefficient (Wildman–Crippen LogP) is 3.79. The molecule has 0 N–H and O–H groups in total. The molecule has 2 aromatic heterocycles. The molecule has 4 nitrogen and oxygen atoms in total. The van der Waals surface area contributed by atoms with E-state index in [0.29, 0.717) is 6.54 Å². The summed E-state index contributed by atoms with van der Waals surface area (Å²) in [5.74, 6) is 0. The topological polar surface area (TPSA) is 37.6 Å². The lowest BCUT2D eigenvalue weighted by molar-refractivity contribution is 0.254. The lowest BCUT2D eigenvalue weighted by atomic mass is 10.1. The van der Waals surface area contributed by atoms with Crippen LogP contribution >= 0.6 is 11.3 Å². The highest BCUT2D eigenvalue weighted by molar-refractivity contribution is 7.15. The molecule has 0 spiro atoms. The van der Waals surface area contributed by atoms with Gasteiger partial charge in [0.15, 0.2) is 4.96 Å². The summed E-state index contributed by atoms with van der Waals surface area (Å²) >= 11 is 1.52. The third kappa shape index (κ3) is 3.74. The Balaban J connectivity index is 1.82. The molecular formula is C19H23N3OS. The summed E-state index contributed by atoms with van der Waals surface area (Å²) < 4.78 is 1.68. The molecule has 0 unspecified atom stereocenters. The van der Waals surface area contributed by atoms with E-state index < -0.39 is 0 Å². The average molecular weight is 341 g/mol. The minimum absolute atomic E-state index is 0.0144. The van der Waals surface area contributed by atoms with Crippen LogP contribution in [0.1, 0.15) is 35.9 Å². The van der Waals surface area contributed by atoms with Crippen LogP contribution in [0.3, 0.4) is 0 Å². The van der Waals surface area contributed by atoms with Gasteiger partial charge in [-0.1, -0.05) is 36.8 Å². The van der Waals surface area contributed by atoms with Gasteiger partial charge in [-0.2, -0.15) is 0 Å². The second-order valence-corrected chi connectivity index (χ2v) is 7.11. The zero-order valence-electron chi connectivity index (χ0n) is 14.5. The molecule has 126 valence electrons. The van der Waals surface area contributed by atoms with Gasteiger partial charge in [0.1, 0.15) is 0 Å². The van der Waals surface area contributed by atoms with Crippen LogP contribution in [0.25, 0.3) is 4.96 Å². The van der Waals surface area contributed by atoms with Crippen LogP contribution in [0, 0.1) is 13.8 Å². The van der Waals surface area contributed by atoms with Crippen molar-refractivity contribution in [3.63, 3.8) is 0 Å². The lowest BCUT2D eigenvalue weighted by Gasteiger charge is -2.21. The van der Waals surface area contributed by atoms with E-state index in [1.54, 1.807) is 10.5 Å². The van der Waals surface area contributed by atoms with Crippen LogP contribution in [-0.2, 0) is 13.1 Å². The standard InChI is InChI=1S/C19H23N3OS/c1-4-9-21(11-16-7-5-14(2)6-8-16)12-17-10-18(23)22-15(3)13-24-19(22)20-17/h5-8,10,13H,4,9,11-12H2,1-3H3. The Morgan fingerprint density at radius 1 is 1.17 bits per heavy atom. The lowest BCUT2D eigenvalue weighted by Crippen LogP contribution is -2.26. The molecule has 0 amide bonds. The number of benzene rings is 1. The van der Waals surface area contributed by atoms with Crippen LogP contribution in [0.15, 0.2) is 40.5 Å². The van der Waals surface area contributed by atoms with E-state index in [0.717, 1.165) is 35.9 Å². The maximum absolute atomic E-state index is 12.3. The molecule has 0 saturated heterocycles. The van der Waals surface area contributed by atoms with Gasteiger partial charge < -0.3 is 0 Å². The third-order valence-corrected chi connectivity index (χ3v) is 5.02. The molecule has 2 heterocycles. The zero-order valence-corrected chi connectivity index (χ0v) is 15.3. The summed E-state index contributed by atoms with van der Waals surface area (Å²) in [7, 11) is 0. The number of rotatable bonds is 6. The molecule has 0 fully saturated rings. The second kappa shape index (κ2) is 7.28. The van der Waals surface area contributed by atoms with Crippen molar-refractivity contribution in [2.45, 2.75) is 40.3 Å². The minimum Gasteiger partial charge on any atom is -0.293 e. The monoisotopic (exact) mass is 341 g/mol. The average Bonchev–Trinajstić information content (AvgIpc) is 2.91. The number of aromatic nitrogens is 2. The molecular weight excluding hydrogens is 318 g/mol. The van der Waals surface area contributed by atoms with E-state index in [9.17, 15) is 4.79 Å². The van der Waals surface area contributed by atoms with Crippen LogP contribution in [0.4, 0.5) is 0 Å². The minimum atomic E-state index is 0.0144. The molecule has 0 bridgehead atoms. The highest BCUT2D eigenvalue weighted by Crippen LogP contribution is 2.14. The fourth-order valence-electron chi connectivity index (χ4n) is 2.89. The molecule has 0 radical (unpaired) electrons. The van der Waals surface area contributed by atoms with Crippen molar-refractivity contribution in [3.8, 4) is 0 Å². The number of hydrogen-bond donors (Lipinski definition) is 0. The first-order valence-corrected chi connectivity index (χ1v) is 9.19. The highest BCUT2D eigenvalue weighted by Gasteiger charge is 2.11. The Bertz CT molecular complexity index is 880. The largest absolute Gasteiger partial charge is 0.293 e. The Morgan fingerprint density at radius 2 is 1.92 bits per heavy atom. The maximum Gasteiger partial charge on any atom is 0.259 e. The van der Waals surface area contributed by atoms with E-state index in [2.05, 4.69) is 48.0 Å². The summed E-state index contributed by atoms with van der Waals surface area (Å²) in [5.41, 5.74) is 4.37. The highest BCUT2D eigenvalue weighted by atomic mass is 32.1. The van der Waals surface area contributed by atoms with Gasteiger partial charge in [-0.05, 0) is 32.4 Å². The van der Waals surface area contributed by atoms with Gasteiger partial charge in [-0.15, -0.1) is 11.3 Å². The Morgan fingerprint density at radius 3 is 2.62 bits per heavy atom. The van der Waals surface area contributed by atoms with Crippen molar-refractivity contribution >= 4 is 16.3 Å². The molecule has 3 aromatic rings. The van der Waals surface area contributed by atoms with Crippen molar-refractivity contribution in [3.05, 3.63) is 68.6 Å². The van der Waals surface area contributed by atoms with Crippen molar-refractivity contribution in [1.29, 1.82) is 0 Å². The second-order valence-electron chi connectivity index (χ2n) is 6.28. The molecule has 0 saturated carbocycles. The first-order valence-electron chi connectivity index (χ1n) is 8.31. The molecule has 0 aliphatic heterocycles. The van der Waals surface area contributed by atoms with Crippen LogP contribution in [0.5, 0.6) is 0 Å². The summed E-state index contributed by atoms with van der Waals surface area (Å²) in [6.07, 6.45) is 1.07. The third-order valence-electron chi connectivity index (χ3n) is 4.08. The van der Waals surface area contributed by atoms with Gasteiger partial charge >= 0.3 is 0 Å². The maximum atomic E-state index is 12.3. The van der Waals surface area contributed by atoms with E-state index in [1.165, 1.54) is 22.5 Å². The van der Waals surface area contributed by atoms with E-state index in [1.807, 2.05) is 12.3 Å². The van der Waals surface area contributed by atoms with Gasteiger partial charge in [-0.25, -0.2) is 4.98 Å². The molecule has 0 aliphatic rings. The van der Waals surface area contributed by atoms with Gasteiger partial charge in [0.2, 0.25) is 0 Å². The Kier molecular flexibility index (Phi) is 5.11. The summed E-state index contributed by atoms with van der Waals surface area (Å²) in [6.45, 7) is 8.77. The Labute approximate surface area is 146 Å². The van der Waals surface area contributed by atoms with Crippen molar-refractivity contribution in [1.82, 2.24) is 14.3 Å². The molecule has 5 heteroatoms. The van der Waals surface area contributed by atoms with Gasteiger partial charge in [0.05, 0.1) is 5.69 Å². The number of thiazole rings is 1. The number of fused-ring (bicyclic) bond motifs is 1. The first-order chi connectivity index (χ1) is 11.6. The summed E-state index contributed by atoms with van der Waals surface area (Å²) in [5, 5.41) is 1.98. The fraction of sp³-hybridized carbons (Fsp3) is 0.368. The number of aryl methyl sites for hydroxylation is 2. The number of hydrogen-bond acceptors (Lipinski definition) is 4. The van der Waals surface area contributed by atoms with Crippen molar-refractivity contribution < 1.29 is 0 Å². The van der Waals surface area contributed by atoms with Gasteiger partial charge in [-0.3, -0.25) is 14.1 Å². The van der Waals surface area contributed by atoms with Gasteiger partial charge in [0.25, 0.3) is 5.56 Å². The normalized spacial score (nSPS) is 11.5. The van der Waals surface area contributed by atoms with Crippen LogP contribution in [-0.4, -0.2) is 20.8 Å². The van der Waals surface area contributed by atoms with Crippen LogP contribution in [0.2, 0.25) is 0 Å². The van der Waals surface area contributed by atoms with Crippen LogP contribution < -0.4 is 5.56 Å².